The summed E-state index contributed by atoms with van der Waals surface area (Å²) in [6, 6.07) is 16.1. The zero-order valence-electron chi connectivity index (χ0n) is 21.1. The highest BCUT2D eigenvalue weighted by Gasteiger charge is 2.26. The minimum Gasteiger partial charge on any atom is -0.464 e. The molecule has 1 amide bonds. The first-order valence-corrected chi connectivity index (χ1v) is 12.9. The van der Waals surface area contributed by atoms with Crippen molar-refractivity contribution in [1.82, 2.24) is 10.3 Å². The number of aryl methyl sites for hydroxylation is 2. The molecule has 6 nitrogen and oxygen atoms in total. The van der Waals surface area contributed by atoms with Gasteiger partial charge < -0.3 is 24.7 Å². The van der Waals surface area contributed by atoms with Gasteiger partial charge in [-0.05, 0) is 86.6 Å². The van der Waals surface area contributed by atoms with Crippen molar-refractivity contribution in [3.63, 3.8) is 0 Å². The number of aliphatic hydroxyl groups excluding tert-OH is 1. The monoisotopic (exact) mass is 485 g/mol. The van der Waals surface area contributed by atoms with E-state index in [0.717, 1.165) is 52.2 Å². The second kappa shape index (κ2) is 10.6. The van der Waals surface area contributed by atoms with Crippen LogP contribution in [-0.4, -0.2) is 35.7 Å². The number of anilines is 1. The van der Waals surface area contributed by atoms with E-state index in [4.69, 9.17) is 4.42 Å². The third-order valence-corrected chi connectivity index (χ3v) is 7.12. The largest absolute Gasteiger partial charge is 0.464 e. The maximum atomic E-state index is 13.4. The second-order valence-corrected chi connectivity index (χ2v) is 9.90. The van der Waals surface area contributed by atoms with Gasteiger partial charge in [-0.1, -0.05) is 18.2 Å². The Kier molecular flexibility index (Phi) is 7.14. The maximum absolute atomic E-state index is 13.4. The zero-order valence-corrected chi connectivity index (χ0v) is 21.1. The molecule has 6 heteroatoms. The number of nitrogens with one attached hydrogen (secondary N) is 2. The van der Waals surface area contributed by atoms with Gasteiger partial charge in [0.25, 0.3) is 0 Å². The Balaban J connectivity index is 1.44. The van der Waals surface area contributed by atoms with E-state index in [1.165, 1.54) is 30.5 Å². The molecule has 1 unspecified atom stereocenters. The molecule has 0 aliphatic carbocycles. The Labute approximate surface area is 212 Å². The predicted octanol–water partition coefficient (Wildman–Crippen LogP) is 5.35. The van der Waals surface area contributed by atoms with Gasteiger partial charge in [0, 0.05) is 48.0 Å². The number of H-pyrrole nitrogens is 1. The number of carbonyl (C=O) groups excluding carboxylic acids is 1. The Hall–Kier alpha value is -3.51. The van der Waals surface area contributed by atoms with Gasteiger partial charge in [-0.3, -0.25) is 4.79 Å². The van der Waals surface area contributed by atoms with Crippen molar-refractivity contribution in [3.05, 3.63) is 88.5 Å². The molecule has 188 valence electrons. The number of piperidine rings is 1. The van der Waals surface area contributed by atoms with Crippen LogP contribution in [0.1, 0.15) is 59.1 Å². The molecule has 1 fully saturated rings. The van der Waals surface area contributed by atoms with Crippen LogP contribution in [0.5, 0.6) is 0 Å². The van der Waals surface area contributed by atoms with Crippen LogP contribution in [0.15, 0.2) is 59.1 Å². The molecule has 1 aliphatic heterocycles. The minimum absolute atomic E-state index is 0.0576. The maximum Gasteiger partial charge on any atom is 0.225 e. The molecule has 2 aromatic heterocycles. The number of aliphatic hydroxyl groups is 1. The molecule has 36 heavy (non-hydrogen) atoms. The number of rotatable bonds is 8. The summed E-state index contributed by atoms with van der Waals surface area (Å²) in [7, 11) is 0. The second-order valence-electron chi connectivity index (χ2n) is 9.90. The fourth-order valence-corrected chi connectivity index (χ4v) is 5.28. The Bertz CT molecular complexity index is 1350. The van der Waals surface area contributed by atoms with Gasteiger partial charge in [-0.25, -0.2) is 0 Å². The number of hydrogen-bond donors (Lipinski definition) is 3. The third-order valence-electron chi connectivity index (χ3n) is 7.12. The summed E-state index contributed by atoms with van der Waals surface area (Å²) < 4.78 is 6.05. The molecule has 0 bridgehead atoms. The number of aromatic nitrogens is 1. The van der Waals surface area contributed by atoms with Crippen LogP contribution in [0.2, 0.25) is 0 Å². The highest BCUT2D eigenvalue weighted by Crippen LogP contribution is 2.34. The Morgan fingerprint density at radius 3 is 2.67 bits per heavy atom. The summed E-state index contributed by atoms with van der Waals surface area (Å²) in [5.74, 6) is 1.51. The fourth-order valence-electron chi connectivity index (χ4n) is 5.28. The van der Waals surface area contributed by atoms with E-state index in [2.05, 4.69) is 40.3 Å². The number of furan rings is 1. The first-order chi connectivity index (χ1) is 17.5. The zero-order chi connectivity index (χ0) is 25.1. The van der Waals surface area contributed by atoms with E-state index in [1.54, 1.807) is 0 Å². The van der Waals surface area contributed by atoms with E-state index >= 15 is 0 Å². The van der Waals surface area contributed by atoms with Gasteiger partial charge in [-0.15, -0.1) is 0 Å². The van der Waals surface area contributed by atoms with Crippen molar-refractivity contribution in [3.8, 4) is 0 Å². The number of benzene rings is 2. The normalized spacial score (nSPS) is 14.8. The summed E-state index contributed by atoms with van der Waals surface area (Å²) in [4.78, 5) is 19.1. The van der Waals surface area contributed by atoms with Gasteiger partial charge in [-0.2, -0.15) is 0 Å². The molecule has 4 aromatic rings. The molecule has 3 heterocycles. The highest BCUT2D eigenvalue weighted by atomic mass is 16.3. The van der Waals surface area contributed by atoms with Gasteiger partial charge in [0.2, 0.25) is 5.91 Å². The lowest BCUT2D eigenvalue weighted by Gasteiger charge is -2.32. The van der Waals surface area contributed by atoms with E-state index in [0.29, 0.717) is 6.42 Å². The third kappa shape index (κ3) is 5.19. The molecule has 0 spiro atoms. The van der Waals surface area contributed by atoms with Crippen LogP contribution in [0.25, 0.3) is 10.9 Å². The molecule has 2 aromatic carbocycles. The van der Waals surface area contributed by atoms with Crippen LogP contribution in [0, 0.1) is 13.8 Å². The Morgan fingerprint density at radius 1 is 1.08 bits per heavy atom. The molecule has 5 rings (SSSR count). The lowest BCUT2D eigenvalue weighted by atomic mass is 9.97. The summed E-state index contributed by atoms with van der Waals surface area (Å²) in [5.41, 5.74) is 6.46. The lowest BCUT2D eigenvalue weighted by molar-refractivity contribution is -0.121. The van der Waals surface area contributed by atoms with Crippen molar-refractivity contribution in [2.45, 2.75) is 52.0 Å². The topological polar surface area (TPSA) is 81.5 Å². The molecule has 0 radical (unpaired) electrons. The lowest BCUT2D eigenvalue weighted by Crippen LogP contribution is -2.34. The smallest absolute Gasteiger partial charge is 0.225 e. The van der Waals surface area contributed by atoms with Crippen LogP contribution in [0.4, 0.5) is 5.69 Å². The number of aromatic amines is 1. The SMILES string of the molecule is Cc1ccc(C(NC(=O)Cc2ccc3[nH]cc(CCO)c3c2)c2ccc(C)o2)c(N2CCCCC2)c1. The number of fused-ring (bicyclic) bond motifs is 1. The molecule has 1 atom stereocenters. The fraction of sp³-hybridized carbons (Fsp3) is 0.367. The van der Waals surface area contributed by atoms with Crippen LogP contribution >= 0.6 is 0 Å². The first kappa shape index (κ1) is 24.2. The summed E-state index contributed by atoms with van der Waals surface area (Å²) >= 11 is 0. The molecule has 3 N–H and O–H groups in total. The average Bonchev–Trinajstić information content (AvgIpc) is 3.49. The predicted molar refractivity (Wildman–Crippen MR) is 143 cm³/mol. The van der Waals surface area contributed by atoms with E-state index < -0.39 is 0 Å². The van der Waals surface area contributed by atoms with E-state index in [-0.39, 0.29) is 25.0 Å². The van der Waals surface area contributed by atoms with Crippen molar-refractivity contribution in [1.29, 1.82) is 0 Å². The summed E-state index contributed by atoms with van der Waals surface area (Å²) in [6.07, 6.45) is 6.41. The van der Waals surface area contributed by atoms with Crippen molar-refractivity contribution >= 4 is 22.5 Å². The molecular weight excluding hydrogens is 450 g/mol. The summed E-state index contributed by atoms with van der Waals surface area (Å²) in [5, 5.41) is 13.7. The van der Waals surface area contributed by atoms with Crippen LogP contribution < -0.4 is 10.2 Å². The minimum atomic E-state index is -0.371. The molecule has 0 saturated carbocycles. The highest BCUT2D eigenvalue weighted by molar-refractivity contribution is 5.86. The first-order valence-electron chi connectivity index (χ1n) is 12.9. The Morgan fingerprint density at radius 2 is 1.92 bits per heavy atom. The van der Waals surface area contributed by atoms with Crippen molar-refractivity contribution in [2.75, 3.05) is 24.6 Å². The molecular formula is C30H35N3O3. The van der Waals surface area contributed by atoms with Gasteiger partial charge in [0.05, 0.1) is 6.42 Å². The standard InChI is InChI=1S/C30H35N3O3/c1-20-6-9-24(27(16-20)33-13-4-3-5-14-33)30(28-11-7-21(2)36-28)32-29(35)18-22-8-10-26-25(17-22)23(12-15-34)19-31-26/h6-11,16-17,19,30-31,34H,3-5,12-15,18H2,1-2H3,(H,32,35). The average molecular weight is 486 g/mol. The van der Waals surface area contributed by atoms with Crippen LogP contribution in [0.3, 0.4) is 0 Å². The molecule has 1 saturated heterocycles. The summed E-state index contributed by atoms with van der Waals surface area (Å²) in [6.45, 7) is 6.20. The van der Waals surface area contributed by atoms with Crippen molar-refractivity contribution in [2.24, 2.45) is 0 Å². The number of carbonyl (C=O) groups is 1. The number of hydrogen-bond acceptors (Lipinski definition) is 4. The van der Waals surface area contributed by atoms with Crippen molar-refractivity contribution < 1.29 is 14.3 Å². The van der Waals surface area contributed by atoms with E-state index in [1.807, 2.05) is 43.5 Å². The number of amides is 1. The quantitative estimate of drug-likeness (QED) is 0.314. The van der Waals surface area contributed by atoms with Gasteiger partial charge >= 0.3 is 0 Å². The van der Waals surface area contributed by atoms with Gasteiger partial charge in [0.1, 0.15) is 17.6 Å². The van der Waals surface area contributed by atoms with E-state index in [9.17, 15) is 9.90 Å². The van der Waals surface area contributed by atoms with Crippen LogP contribution in [-0.2, 0) is 17.6 Å². The molecule has 1 aliphatic rings. The number of nitrogens with zero attached hydrogens (tertiary/aromatic N) is 1. The van der Waals surface area contributed by atoms with Gasteiger partial charge in [0.15, 0.2) is 0 Å².